The molecule has 1 aliphatic heterocycles. The molecule has 3 heteroatoms. The molecule has 1 unspecified atom stereocenters. The lowest BCUT2D eigenvalue weighted by Gasteiger charge is -2.29. The minimum atomic E-state index is 0.0619. The Morgan fingerprint density at radius 1 is 1.21 bits per heavy atom. The highest BCUT2D eigenvalue weighted by Crippen LogP contribution is 2.40. The van der Waals surface area contributed by atoms with Gasteiger partial charge in [0, 0.05) is 0 Å². The monoisotopic (exact) mass is 317 g/mol. The van der Waals surface area contributed by atoms with Gasteiger partial charge < -0.3 is 10.1 Å². The minimum absolute atomic E-state index is 0.0619. The second kappa shape index (κ2) is 4.89. The fourth-order valence-corrected chi connectivity index (χ4v) is 2.97. The molecule has 0 fully saturated rings. The van der Waals surface area contributed by atoms with Gasteiger partial charge in [-0.25, -0.2) is 0 Å². The second-order valence-corrected chi connectivity index (χ2v) is 5.82. The summed E-state index contributed by atoms with van der Waals surface area (Å²) >= 11 is 3.55. The Kier molecular flexibility index (Phi) is 3.23. The van der Waals surface area contributed by atoms with E-state index in [1.807, 2.05) is 18.2 Å². The van der Waals surface area contributed by atoms with E-state index in [0.717, 1.165) is 22.5 Å². The first kappa shape index (κ1) is 12.5. The van der Waals surface area contributed by atoms with E-state index in [0.29, 0.717) is 0 Å². The van der Waals surface area contributed by atoms with Crippen molar-refractivity contribution in [2.75, 3.05) is 11.9 Å². The number of para-hydroxylation sites is 1. The van der Waals surface area contributed by atoms with Crippen LogP contribution < -0.4 is 10.1 Å². The van der Waals surface area contributed by atoms with Gasteiger partial charge in [-0.05, 0) is 53.0 Å². The first-order chi connectivity index (χ1) is 9.15. The third-order valence-electron chi connectivity index (χ3n) is 3.48. The van der Waals surface area contributed by atoms with Gasteiger partial charge in [0.25, 0.3) is 0 Å². The number of benzene rings is 2. The first-order valence-corrected chi connectivity index (χ1v) is 7.20. The summed E-state index contributed by atoms with van der Waals surface area (Å²) in [5.41, 5.74) is 4.86. The maximum Gasteiger partial charge on any atom is 0.157 e. The Morgan fingerprint density at radius 3 is 2.84 bits per heavy atom. The molecule has 0 radical (unpaired) electrons. The third kappa shape index (κ3) is 2.35. The van der Waals surface area contributed by atoms with Crippen molar-refractivity contribution in [3.8, 4) is 5.75 Å². The average Bonchev–Trinajstić information content (AvgIpc) is 2.39. The molecule has 0 aliphatic carbocycles. The fraction of sp³-hybridized carbons (Fsp3) is 0.250. The van der Waals surface area contributed by atoms with Crippen LogP contribution in [0, 0.1) is 13.8 Å². The van der Waals surface area contributed by atoms with Crippen LogP contribution >= 0.6 is 15.9 Å². The molecule has 1 heterocycles. The molecule has 2 aromatic carbocycles. The van der Waals surface area contributed by atoms with Crippen molar-refractivity contribution in [3.63, 3.8) is 0 Å². The predicted octanol–water partition coefficient (Wildman–Crippen LogP) is 4.61. The Hall–Kier alpha value is -1.48. The van der Waals surface area contributed by atoms with Crippen molar-refractivity contribution in [2.45, 2.75) is 20.0 Å². The zero-order valence-corrected chi connectivity index (χ0v) is 12.6. The molecule has 2 aromatic rings. The molecule has 1 aliphatic rings. The Morgan fingerprint density at radius 2 is 2.05 bits per heavy atom. The van der Waals surface area contributed by atoms with Gasteiger partial charge in [0.1, 0.15) is 6.10 Å². The number of aryl methyl sites for hydroxylation is 2. The molecule has 1 N–H and O–H groups in total. The van der Waals surface area contributed by atoms with Gasteiger partial charge in [-0.2, -0.15) is 0 Å². The van der Waals surface area contributed by atoms with Crippen LogP contribution in [0.25, 0.3) is 0 Å². The Labute approximate surface area is 121 Å². The SMILES string of the molecule is Cc1ccc(C2CNc3cccc(Br)c3O2)c(C)c1. The maximum atomic E-state index is 6.16. The molecule has 0 bridgehead atoms. The van der Waals surface area contributed by atoms with E-state index >= 15 is 0 Å². The Balaban J connectivity index is 1.95. The number of nitrogens with one attached hydrogen (secondary N) is 1. The summed E-state index contributed by atoms with van der Waals surface area (Å²) in [4.78, 5) is 0. The van der Waals surface area contributed by atoms with E-state index in [9.17, 15) is 0 Å². The molecular weight excluding hydrogens is 302 g/mol. The normalized spacial score (nSPS) is 17.3. The zero-order valence-electron chi connectivity index (χ0n) is 11.0. The van der Waals surface area contributed by atoms with Crippen LogP contribution in [-0.2, 0) is 0 Å². The summed E-state index contributed by atoms with van der Waals surface area (Å²) in [6.45, 7) is 5.05. The molecule has 3 rings (SSSR count). The summed E-state index contributed by atoms with van der Waals surface area (Å²) in [6.07, 6.45) is 0.0619. The number of rotatable bonds is 1. The highest BCUT2D eigenvalue weighted by Gasteiger charge is 2.23. The summed E-state index contributed by atoms with van der Waals surface area (Å²) in [6, 6.07) is 12.6. The van der Waals surface area contributed by atoms with Gasteiger partial charge in [0.05, 0.1) is 16.7 Å². The summed E-state index contributed by atoms with van der Waals surface area (Å²) in [5, 5.41) is 3.44. The van der Waals surface area contributed by atoms with Crippen LogP contribution in [0.1, 0.15) is 22.8 Å². The van der Waals surface area contributed by atoms with Crippen LogP contribution in [0.3, 0.4) is 0 Å². The number of fused-ring (bicyclic) bond motifs is 1. The zero-order chi connectivity index (χ0) is 13.4. The topological polar surface area (TPSA) is 21.3 Å². The summed E-state index contributed by atoms with van der Waals surface area (Å²) in [5.74, 6) is 0.902. The number of hydrogen-bond acceptors (Lipinski definition) is 2. The highest BCUT2D eigenvalue weighted by molar-refractivity contribution is 9.10. The van der Waals surface area contributed by atoms with Crippen molar-refractivity contribution < 1.29 is 4.74 Å². The number of anilines is 1. The third-order valence-corrected chi connectivity index (χ3v) is 4.10. The molecule has 1 atom stereocenters. The van der Waals surface area contributed by atoms with Crippen molar-refractivity contribution in [1.29, 1.82) is 0 Å². The van der Waals surface area contributed by atoms with Crippen LogP contribution in [0.2, 0.25) is 0 Å². The largest absolute Gasteiger partial charge is 0.481 e. The lowest BCUT2D eigenvalue weighted by molar-refractivity contribution is 0.208. The second-order valence-electron chi connectivity index (χ2n) is 4.96. The fourth-order valence-electron chi connectivity index (χ4n) is 2.51. The van der Waals surface area contributed by atoms with Gasteiger partial charge in [-0.3, -0.25) is 0 Å². The number of hydrogen-bond donors (Lipinski definition) is 1. The molecule has 0 spiro atoms. The molecule has 98 valence electrons. The van der Waals surface area contributed by atoms with Gasteiger partial charge in [-0.1, -0.05) is 29.8 Å². The van der Waals surface area contributed by atoms with E-state index < -0.39 is 0 Å². The van der Waals surface area contributed by atoms with Gasteiger partial charge in [-0.15, -0.1) is 0 Å². The van der Waals surface area contributed by atoms with Crippen LogP contribution in [0.4, 0.5) is 5.69 Å². The molecule has 0 aromatic heterocycles. The molecule has 0 saturated carbocycles. The standard InChI is InChI=1S/C16H16BrNO/c1-10-6-7-12(11(2)8-10)15-9-18-14-5-3-4-13(17)16(14)19-15/h3-8,15,18H,9H2,1-2H3. The summed E-state index contributed by atoms with van der Waals surface area (Å²) < 4.78 is 7.15. The number of halogens is 1. The predicted molar refractivity (Wildman–Crippen MR) is 81.9 cm³/mol. The lowest BCUT2D eigenvalue weighted by Crippen LogP contribution is -2.24. The molecule has 0 amide bonds. The van der Waals surface area contributed by atoms with Crippen molar-refractivity contribution in [3.05, 3.63) is 57.6 Å². The van der Waals surface area contributed by atoms with Crippen LogP contribution in [0.5, 0.6) is 5.75 Å². The van der Waals surface area contributed by atoms with Gasteiger partial charge in [0.15, 0.2) is 5.75 Å². The number of ether oxygens (including phenoxy) is 1. The van der Waals surface area contributed by atoms with E-state index in [1.165, 1.54) is 16.7 Å². The molecule has 0 saturated heterocycles. The van der Waals surface area contributed by atoms with E-state index in [2.05, 4.69) is 53.3 Å². The molecular formula is C16H16BrNO. The quantitative estimate of drug-likeness (QED) is 0.829. The van der Waals surface area contributed by atoms with E-state index in [-0.39, 0.29) is 6.10 Å². The van der Waals surface area contributed by atoms with Gasteiger partial charge >= 0.3 is 0 Å². The van der Waals surface area contributed by atoms with Crippen molar-refractivity contribution in [1.82, 2.24) is 0 Å². The highest BCUT2D eigenvalue weighted by atomic mass is 79.9. The lowest BCUT2D eigenvalue weighted by atomic mass is 10.00. The Bertz CT molecular complexity index is 624. The first-order valence-electron chi connectivity index (χ1n) is 6.41. The smallest absolute Gasteiger partial charge is 0.157 e. The van der Waals surface area contributed by atoms with E-state index in [4.69, 9.17) is 4.74 Å². The maximum absolute atomic E-state index is 6.16. The molecule has 2 nitrogen and oxygen atoms in total. The van der Waals surface area contributed by atoms with Crippen molar-refractivity contribution >= 4 is 21.6 Å². The van der Waals surface area contributed by atoms with Gasteiger partial charge in [0.2, 0.25) is 0 Å². The summed E-state index contributed by atoms with van der Waals surface area (Å²) in [7, 11) is 0. The van der Waals surface area contributed by atoms with Crippen LogP contribution in [-0.4, -0.2) is 6.54 Å². The van der Waals surface area contributed by atoms with E-state index in [1.54, 1.807) is 0 Å². The van der Waals surface area contributed by atoms with Crippen LogP contribution in [0.15, 0.2) is 40.9 Å². The minimum Gasteiger partial charge on any atom is -0.481 e. The average molecular weight is 318 g/mol. The molecule has 19 heavy (non-hydrogen) atoms. The van der Waals surface area contributed by atoms with Crippen molar-refractivity contribution in [2.24, 2.45) is 0 Å².